The van der Waals surface area contributed by atoms with Crippen LogP contribution in [0.2, 0.25) is 5.02 Å². The lowest BCUT2D eigenvalue weighted by Crippen LogP contribution is -2.20. The fraction of sp³-hybridized carbons (Fsp3) is 0.278. The van der Waals surface area contributed by atoms with E-state index in [-0.39, 0.29) is 10.9 Å². The number of hydrogen-bond acceptors (Lipinski definition) is 2. The Kier molecular flexibility index (Phi) is 4.64. The number of carboxylic acids is 1. The fourth-order valence-corrected chi connectivity index (χ4v) is 3.38. The summed E-state index contributed by atoms with van der Waals surface area (Å²) in [5, 5.41) is 9.45. The third-order valence-corrected chi connectivity index (χ3v) is 4.58. The molecule has 2 aromatic rings. The molecule has 0 radical (unpaired) electrons. The van der Waals surface area contributed by atoms with Crippen LogP contribution in [-0.4, -0.2) is 29.1 Å². The molecule has 0 amide bonds. The van der Waals surface area contributed by atoms with Crippen LogP contribution >= 0.6 is 11.6 Å². The topological polar surface area (TPSA) is 40.5 Å². The van der Waals surface area contributed by atoms with Crippen LogP contribution in [0.3, 0.4) is 0 Å². The van der Waals surface area contributed by atoms with E-state index in [1.807, 2.05) is 12.1 Å². The van der Waals surface area contributed by atoms with Gasteiger partial charge in [-0.15, -0.1) is 0 Å². The van der Waals surface area contributed by atoms with Gasteiger partial charge in [0.15, 0.2) is 0 Å². The molecule has 0 aromatic heterocycles. The third-order valence-electron chi connectivity index (χ3n) is 4.29. The number of nitrogens with zero attached hydrogens (tertiary/aromatic N) is 1. The standard InChI is InChI=1S/C18H17ClFNO2/c19-16-9-12(5-6-17(16)20)10-21-8-7-13(11-21)14-3-1-2-4-15(14)18(22)23/h1-6,9,13H,7-8,10-11H2,(H,22,23). The average molecular weight is 334 g/mol. The Hall–Kier alpha value is -1.91. The first-order valence-corrected chi connectivity index (χ1v) is 7.91. The van der Waals surface area contributed by atoms with Crippen LogP contribution in [0.4, 0.5) is 4.39 Å². The molecule has 1 saturated heterocycles. The van der Waals surface area contributed by atoms with Gasteiger partial charge in [0.1, 0.15) is 5.82 Å². The molecule has 0 bridgehead atoms. The zero-order valence-electron chi connectivity index (χ0n) is 12.5. The number of benzene rings is 2. The summed E-state index contributed by atoms with van der Waals surface area (Å²) in [6, 6.07) is 11.9. The fourth-order valence-electron chi connectivity index (χ4n) is 3.17. The minimum Gasteiger partial charge on any atom is -0.478 e. The Morgan fingerprint density at radius 1 is 1.30 bits per heavy atom. The highest BCUT2D eigenvalue weighted by Crippen LogP contribution is 2.30. The molecule has 3 rings (SSSR count). The normalized spacial score (nSPS) is 18.3. The highest BCUT2D eigenvalue weighted by molar-refractivity contribution is 6.30. The first-order chi connectivity index (χ1) is 11.0. The molecule has 3 nitrogen and oxygen atoms in total. The predicted octanol–water partition coefficient (Wildman–Crippen LogP) is 4.17. The highest BCUT2D eigenvalue weighted by atomic mass is 35.5. The van der Waals surface area contributed by atoms with Crippen molar-refractivity contribution in [3.05, 3.63) is 70.0 Å². The Balaban J connectivity index is 1.71. The van der Waals surface area contributed by atoms with Crippen molar-refractivity contribution in [3.63, 3.8) is 0 Å². The van der Waals surface area contributed by atoms with Crippen LogP contribution in [-0.2, 0) is 6.54 Å². The number of hydrogen-bond donors (Lipinski definition) is 1. The molecule has 1 unspecified atom stereocenters. The van der Waals surface area contributed by atoms with Crippen molar-refractivity contribution < 1.29 is 14.3 Å². The first-order valence-electron chi connectivity index (χ1n) is 7.53. The molecule has 2 aromatic carbocycles. The van der Waals surface area contributed by atoms with E-state index in [1.54, 1.807) is 24.3 Å². The summed E-state index contributed by atoms with van der Waals surface area (Å²) < 4.78 is 13.2. The van der Waals surface area contributed by atoms with Gasteiger partial charge in [-0.1, -0.05) is 35.9 Å². The van der Waals surface area contributed by atoms with Crippen LogP contribution in [0.5, 0.6) is 0 Å². The Labute approximate surface area is 139 Å². The van der Waals surface area contributed by atoms with Crippen molar-refractivity contribution in [1.29, 1.82) is 0 Å². The molecule has 1 atom stereocenters. The molecule has 5 heteroatoms. The van der Waals surface area contributed by atoms with Crippen molar-refractivity contribution in [2.75, 3.05) is 13.1 Å². The molecular formula is C18H17ClFNO2. The minimum absolute atomic E-state index is 0.134. The third kappa shape index (κ3) is 3.54. The molecule has 0 saturated carbocycles. The van der Waals surface area contributed by atoms with Crippen molar-refractivity contribution >= 4 is 17.6 Å². The SMILES string of the molecule is O=C(O)c1ccccc1C1CCN(Cc2ccc(F)c(Cl)c2)C1. The maximum atomic E-state index is 13.2. The molecule has 0 aliphatic carbocycles. The van der Waals surface area contributed by atoms with Gasteiger partial charge in [0.25, 0.3) is 0 Å². The van der Waals surface area contributed by atoms with E-state index in [0.29, 0.717) is 12.1 Å². The van der Waals surface area contributed by atoms with Gasteiger partial charge in [0.2, 0.25) is 0 Å². The van der Waals surface area contributed by atoms with E-state index in [1.165, 1.54) is 6.07 Å². The summed E-state index contributed by atoms with van der Waals surface area (Å²) in [4.78, 5) is 13.6. The second-order valence-corrected chi connectivity index (χ2v) is 6.27. The molecular weight excluding hydrogens is 317 g/mol. The predicted molar refractivity (Wildman–Crippen MR) is 87.4 cm³/mol. The van der Waals surface area contributed by atoms with Crippen LogP contribution < -0.4 is 0 Å². The molecule has 0 spiro atoms. The largest absolute Gasteiger partial charge is 0.478 e. The highest BCUT2D eigenvalue weighted by Gasteiger charge is 2.27. The van der Waals surface area contributed by atoms with Crippen LogP contribution in [0.1, 0.15) is 33.8 Å². The zero-order chi connectivity index (χ0) is 16.4. The van der Waals surface area contributed by atoms with Gasteiger partial charge in [0.05, 0.1) is 10.6 Å². The van der Waals surface area contributed by atoms with Crippen molar-refractivity contribution in [2.24, 2.45) is 0 Å². The monoisotopic (exact) mass is 333 g/mol. The molecule has 1 N–H and O–H groups in total. The summed E-state index contributed by atoms with van der Waals surface area (Å²) in [6.07, 6.45) is 0.916. The molecule has 1 fully saturated rings. The van der Waals surface area contributed by atoms with E-state index in [2.05, 4.69) is 4.90 Å². The second-order valence-electron chi connectivity index (χ2n) is 5.86. The van der Waals surface area contributed by atoms with Crippen LogP contribution in [0.25, 0.3) is 0 Å². The summed E-state index contributed by atoms with van der Waals surface area (Å²) >= 11 is 5.82. The number of carboxylic acid groups (broad SMARTS) is 1. The molecule has 1 aliphatic rings. The molecule has 1 heterocycles. The van der Waals surface area contributed by atoms with Crippen LogP contribution in [0.15, 0.2) is 42.5 Å². The Morgan fingerprint density at radius 2 is 2.09 bits per heavy atom. The number of likely N-dealkylation sites (tertiary alicyclic amines) is 1. The second kappa shape index (κ2) is 6.69. The van der Waals surface area contributed by atoms with Crippen molar-refractivity contribution in [3.8, 4) is 0 Å². The summed E-state index contributed by atoms with van der Waals surface area (Å²) in [6.45, 7) is 2.36. The Bertz CT molecular complexity index is 735. The number of halogens is 2. The van der Waals surface area contributed by atoms with Crippen molar-refractivity contribution in [1.82, 2.24) is 4.90 Å². The Morgan fingerprint density at radius 3 is 2.83 bits per heavy atom. The number of aromatic carboxylic acids is 1. The summed E-state index contributed by atoms with van der Waals surface area (Å²) in [5.41, 5.74) is 2.23. The number of rotatable bonds is 4. The number of carbonyl (C=O) groups is 1. The van der Waals surface area contributed by atoms with Gasteiger partial charge >= 0.3 is 5.97 Å². The average Bonchev–Trinajstić information content (AvgIpc) is 2.99. The van der Waals surface area contributed by atoms with E-state index in [0.717, 1.165) is 30.6 Å². The van der Waals surface area contributed by atoms with Crippen LogP contribution in [0, 0.1) is 5.82 Å². The first kappa shape index (κ1) is 16.0. The lowest BCUT2D eigenvalue weighted by Gasteiger charge is -2.17. The summed E-state index contributed by atoms with van der Waals surface area (Å²) in [5.74, 6) is -1.09. The maximum Gasteiger partial charge on any atom is 0.335 e. The summed E-state index contributed by atoms with van der Waals surface area (Å²) in [7, 11) is 0. The van der Waals surface area contributed by atoms with E-state index < -0.39 is 11.8 Å². The maximum absolute atomic E-state index is 13.2. The lowest BCUT2D eigenvalue weighted by molar-refractivity contribution is 0.0695. The zero-order valence-corrected chi connectivity index (χ0v) is 13.3. The van der Waals surface area contributed by atoms with E-state index >= 15 is 0 Å². The smallest absolute Gasteiger partial charge is 0.335 e. The van der Waals surface area contributed by atoms with Gasteiger partial charge in [-0.3, -0.25) is 4.90 Å². The minimum atomic E-state index is -0.885. The van der Waals surface area contributed by atoms with E-state index in [9.17, 15) is 14.3 Å². The van der Waals surface area contributed by atoms with E-state index in [4.69, 9.17) is 11.6 Å². The van der Waals surface area contributed by atoms with Gasteiger partial charge in [0, 0.05) is 13.1 Å². The lowest BCUT2D eigenvalue weighted by atomic mass is 9.93. The molecule has 1 aliphatic heterocycles. The quantitative estimate of drug-likeness (QED) is 0.913. The van der Waals surface area contributed by atoms with Gasteiger partial charge in [-0.05, 0) is 48.2 Å². The van der Waals surface area contributed by atoms with Gasteiger partial charge in [-0.2, -0.15) is 0 Å². The van der Waals surface area contributed by atoms with Gasteiger partial charge < -0.3 is 5.11 Å². The molecule has 120 valence electrons. The van der Waals surface area contributed by atoms with Crippen molar-refractivity contribution in [2.45, 2.75) is 18.9 Å². The van der Waals surface area contributed by atoms with Gasteiger partial charge in [-0.25, -0.2) is 9.18 Å². The molecule has 23 heavy (non-hydrogen) atoms.